The van der Waals surface area contributed by atoms with Crippen LogP contribution in [0.3, 0.4) is 0 Å². The van der Waals surface area contributed by atoms with Crippen molar-refractivity contribution >= 4 is 121 Å². The van der Waals surface area contributed by atoms with E-state index in [1.165, 1.54) is 27.1 Å². The van der Waals surface area contributed by atoms with E-state index in [1.807, 2.05) is 220 Å². The molecule has 0 bridgehead atoms. The van der Waals surface area contributed by atoms with Crippen molar-refractivity contribution in [3.05, 3.63) is 393 Å². The minimum absolute atomic E-state index is 0.733. The van der Waals surface area contributed by atoms with Crippen LogP contribution in [-0.2, 0) is 77.0 Å². The van der Waals surface area contributed by atoms with Crippen molar-refractivity contribution in [3.8, 4) is 0 Å². The number of benzene rings is 4. The molecule has 0 fully saturated rings. The molecule has 26 aromatic rings. The standard InChI is InChI=1S/C22H19N5.C21H18N6.C19H19N5.3C17H16N6/c1-14-13-23-15(2)22-25-20(26-27(14)22)12-11-18-10-9-17-8-7-16-5-3-4-6-19(16)21(17)24-18;1-13-12-23-14(2)21-25-18(26-27(13)21)10-9-17-8-7-16-6-5-15-4-3-11-22-19(15)20(16)24-17;1-12-10-15-6-4-5-7-17(15)21-16(12)8-9-18-22-19-14(3)20-11-13(2)24(19)23-18;1-11-10-19-12(2)17-21-16(22-23(11)17)8-6-13-5-7-14-15(20-13)4-3-9-18-14;1-11-9-19-12(2)17-21-16(22-23(11)17)6-5-14-4-3-13-7-8-18-10-15(13)20-14;1-11-10-19-12(2)17-21-15(22-23(11)17)8-7-14-6-5-13-4-3-9-18-16(13)20-14/h3-10,13H,11-12H2,1-2H3;3-8,11-12H,9-10H2,1-2H3;4-7,10-11H,8-9H2,1-3H3;3-5,7,9-10H,6,8H2,1-2H3;3-4,7-10H,5-6H2,1-2H3;3-6,9-10H,7-8H2,1-2H3. The Morgan fingerprint density at radius 3 is 1.02 bits per heavy atom. The van der Waals surface area contributed by atoms with Gasteiger partial charge < -0.3 is 0 Å². The maximum atomic E-state index is 4.93. The first kappa shape index (κ1) is 95.0. The van der Waals surface area contributed by atoms with Crippen molar-refractivity contribution in [3.63, 3.8) is 0 Å². The number of nitrogens with zero attached hydrogens (tertiary/aromatic N) is 34. The number of aromatic nitrogens is 34. The summed E-state index contributed by atoms with van der Waals surface area (Å²) >= 11 is 0. The summed E-state index contributed by atoms with van der Waals surface area (Å²) in [6.07, 6.45) is 29.2. The number of fused-ring (bicyclic) bond motifs is 16. The predicted octanol–water partition coefficient (Wildman–Crippen LogP) is 18.6. The van der Waals surface area contributed by atoms with Gasteiger partial charge >= 0.3 is 0 Å². The summed E-state index contributed by atoms with van der Waals surface area (Å²) in [7, 11) is 0. The van der Waals surface area contributed by atoms with Crippen molar-refractivity contribution in [2.45, 2.75) is 167 Å². The molecule has 26 rings (SSSR count). The fourth-order valence-corrected chi connectivity index (χ4v) is 17.8. The Balaban J connectivity index is 0.000000104. The van der Waals surface area contributed by atoms with Crippen molar-refractivity contribution in [1.82, 2.24) is 167 Å². The van der Waals surface area contributed by atoms with Gasteiger partial charge in [-0.05, 0) is 230 Å². The van der Waals surface area contributed by atoms with Crippen molar-refractivity contribution in [2.24, 2.45) is 0 Å². The Morgan fingerprint density at radius 2 is 0.544 bits per heavy atom. The van der Waals surface area contributed by atoms with Gasteiger partial charge in [-0.3, -0.25) is 69.8 Å². The van der Waals surface area contributed by atoms with E-state index in [1.54, 1.807) is 24.8 Å². The number of aryl methyl sites for hydroxylation is 25. The second kappa shape index (κ2) is 41.7. The van der Waals surface area contributed by atoms with Gasteiger partial charge in [0.15, 0.2) is 74.5 Å². The van der Waals surface area contributed by atoms with Gasteiger partial charge in [-0.25, -0.2) is 67.0 Å². The molecule has 726 valence electrons. The summed E-state index contributed by atoms with van der Waals surface area (Å²) in [5.74, 6) is 4.92. The largest absolute Gasteiger partial charge is 0.262 e. The summed E-state index contributed by atoms with van der Waals surface area (Å²) in [6.45, 7) is 25.8. The van der Waals surface area contributed by atoms with Crippen LogP contribution in [-0.4, -0.2) is 167 Å². The van der Waals surface area contributed by atoms with Gasteiger partial charge in [0.05, 0.1) is 113 Å². The molecule has 0 saturated heterocycles. The van der Waals surface area contributed by atoms with E-state index in [2.05, 4.69) is 247 Å². The quantitative estimate of drug-likeness (QED) is 0.0720. The first-order chi connectivity index (χ1) is 71.6. The highest BCUT2D eigenvalue weighted by Gasteiger charge is 2.20. The van der Waals surface area contributed by atoms with Crippen LogP contribution >= 0.6 is 0 Å². The van der Waals surface area contributed by atoms with Crippen molar-refractivity contribution < 1.29 is 0 Å². The molecule has 0 aliphatic rings. The van der Waals surface area contributed by atoms with Crippen LogP contribution in [0, 0.1) is 90.0 Å². The van der Waals surface area contributed by atoms with Crippen LogP contribution in [0.15, 0.2) is 250 Å². The average Bonchev–Trinajstić information content (AvgIpc) is 1.79. The zero-order valence-electron chi connectivity index (χ0n) is 83.9. The highest BCUT2D eigenvalue weighted by Crippen LogP contribution is 2.29. The average molecular weight is 1940 g/mol. The Morgan fingerprint density at radius 1 is 0.204 bits per heavy atom. The third-order valence-corrected chi connectivity index (χ3v) is 25.9. The fourth-order valence-electron chi connectivity index (χ4n) is 17.8. The molecule has 0 atom stereocenters. The third-order valence-electron chi connectivity index (χ3n) is 25.9. The summed E-state index contributed by atoms with van der Waals surface area (Å²) < 4.78 is 11.2. The molecule has 0 radical (unpaired) electrons. The van der Waals surface area contributed by atoms with Crippen LogP contribution in [0.2, 0.25) is 0 Å². The summed E-state index contributed by atoms with van der Waals surface area (Å²) in [4.78, 5) is 99.5. The summed E-state index contributed by atoms with van der Waals surface area (Å²) in [5, 5.41) is 36.7. The molecular weight excluding hydrogens is 1830 g/mol. The highest BCUT2D eigenvalue weighted by atomic mass is 15.3. The second-order valence-corrected chi connectivity index (χ2v) is 36.7. The van der Waals surface area contributed by atoms with E-state index in [0.29, 0.717) is 0 Å². The van der Waals surface area contributed by atoms with Crippen molar-refractivity contribution in [1.29, 1.82) is 0 Å². The summed E-state index contributed by atoms with van der Waals surface area (Å²) in [6, 6.07) is 61.8. The fraction of sp³-hybridized carbons (Fsp3) is 0.221. The Bertz CT molecular complexity index is 8610. The van der Waals surface area contributed by atoms with Crippen LogP contribution in [0.5, 0.6) is 0 Å². The van der Waals surface area contributed by atoms with Gasteiger partial charge in [0.2, 0.25) is 0 Å². The maximum Gasteiger partial charge on any atom is 0.177 e. The van der Waals surface area contributed by atoms with E-state index < -0.39 is 0 Å². The van der Waals surface area contributed by atoms with Crippen molar-refractivity contribution in [2.75, 3.05) is 0 Å². The molecule has 0 amide bonds. The lowest BCUT2D eigenvalue weighted by Crippen LogP contribution is -2.00. The molecule has 147 heavy (non-hydrogen) atoms. The maximum absolute atomic E-state index is 4.93. The van der Waals surface area contributed by atoms with E-state index in [0.717, 1.165) is 314 Å². The van der Waals surface area contributed by atoms with Crippen LogP contribution < -0.4 is 0 Å². The molecule has 0 N–H and O–H groups in total. The Hall–Kier alpha value is -18.2. The van der Waals surface area contributed by atoms with Gasteiger partial charge in [-0.2, -0.15) is 30.6 Å². The molecular formula is C113H104N34. The molecule has 0 spiro atoms. The lowest BCUT2D eigenvalue weighted by atomic mass is 10.1. The van der Waals surface area contributed by atoms with E-state index in [9.17, 15) is 0 Å². The highest BCUT2D eigenvalue weighted by molar-refractivity contribution is 6.05. The second-order valence-electron chi connectivity index (χ2n) is 36.7. The molecule has 0 aliphatic carbocycles. The van der Waals surface area contributed by atoms with Crippen LogP contribution in [0.4, 0.5) is 0 Å². The lowest BCUT2D eigenvalue weighted by Gasteiger charge is -2.06. The zero-order chi connectivity index (χ0) is 101. The molecule has 22 heterocycles. The van der Waals surface area contributed by atoms with Gasteiger partial charge in [0.25, 0.3) is 0 Å². The molecule has 0 saturated carbocycles. The molecule has 4 aromatic carbocycles. The lowest BCUT2D eigenvalue weighted by molar-refractivity contribution is 0.805. The van der Waals surface area contributed by atoms with Crippen LogP contribution in [0.1, 0.15) is 143 Å². The number of pyridine rings is 10. The first-order valence-electron chi connectivity index (χ1n) is 49.1. The normalized spacial score (nSPS) is 11.5. The number of para-hydroxylation sites is 1. The number of hydrogen-bond donors (Lipinski definition) is 0. The topological polar surface area (TPSA) is 387 Å². The van der Waals surface area contributed by atoms with Crippen LogP contribution in [0.25, 0.3) is 121 Å². The SMILES string of the molecule is Cc1cc2ccccc2nc1CCc1nc2c(C)ncc(C)n2n1.Cc1ncc(C)n2nc(CCc3ccc4ccc5ccccc5c4n3)nc12.Cc1ncc(C)n2nc(CCc3ccc4ccc5cccnc5c4n3)nc12.Cc1ncc(C)n2nc(CCc3ccc4cccnc4n3)nc12.Cc1ncc(C)n2nc(CCc3ccc4ccncc4n3)nc12.Cc1ncc(C)n2nc(CCc3ccc4ncccc4n3)nc12. The minimum atomic E-state index is 0.733. The smallest absolute Gasteiger partial charge is 0.177 e. The zero-order valence-corrected chi connectivity index (χ0v) is 83.9. The molecule has 0 unspecified atom stereocenters. The van der Waals surface area contributed by atoms with Gasteiger partial charge in [0, 0.05) is 172 Å². The number of hydrogen-bond acceptors (Lipinski definition) is 28. The van der Waals surface area contributed by atoms with Gasteiger partial charge in [-0.15, -0.1) is 0 Å². The molecule has 0 aliphatic heterocycles. The first-order valence-corrected chi connectivity index (χ1v) is 49.1. The number of rotatable bonds is 18. The third kappa shape index (κ3) is 20.9. The predicted molar refractivity (Wildman–Crippen MR) is 567 cm³/mol. The Kier molecular flexibility index (Phi) is 27.0. The molecule has 22 aromatic heterocycles. The molecule has 34 heteroatoms. The monoisotopic (exact) mass is 1940 g/mol. The van der Waals surface area contributed by atoms with Gasteiger partial charge in [-0.1, -0.05) is 91.0 Å². The van der Waals surface area contributed by atoms with E-state index in [-0.39, 0.29) is 0 Å². The van der Waals surface area contributed by atoms with Gasteiger partial charge in [0.1, 0.15) is 0 Å². The Labute approximate surface area is 843 Å². The van der Waals surface area contributed by atoms with E-state index in [4.69, 9.17) is 15.0 Å². The summed E-state index contributed by atoms with van der Waals surface area (Å²) in [5.41, 5.74) is 31.3. The molecule has 34 nitrogen and oxygen atoms in total. The van der Waals surface area contributed by atoms with E-state index >= 15 is 0 Å². The minimum Gasteiger partial charge on any atom is -0.262 e.